The molecule has 0 heterocycles. The molecule has 0 aliphatic heterocycles. The largest absolute Gasteiger partial charge is 0.507 e. The topological polar surface area (TPSA) is 32.7 Å². The number of hydrogen-bond acceptors (Lipinski definition) is 3. The number of rotatable bonds is 5. The molecule has 1 aromatic carbocycles. The lowest BCUT2D eigenvalue weighted by atomic mass is 10.2. The Bertz CT molecular complexity index is 317. The third-order valence-electron chi connectivity index (χ3n) is 2.14. The van der Waals surface area contributed by atoms with Gasteiger partial charge < -0.3 is 9.84 Å². The van der Waals surface area contributed by atoms with Gasteiger partial charge in [-0.05, 0) is 40.7 Å². The van der Waals surface area contributed by atoms with Gasteiger partial charge >= 0.3 is 0 Å². The van der Waals surface area contributed by atoms with Crippen molar-refractivity contribution in [1.29, 1.82) is 0 Å². The average Bonchev–Trinajstić information content (AvgIpc) is 2.20. The smallest absolute Gasteiger partial charge is 0.129 e. The Labute approximate surface area is 98.8 Å². The van der Waals surface area contributed by atoms with Crippen molar-refractivity contribution in [2.24, 2.45) is 0 Å². The number of methoxy groups -OCH3 is 1. The number of halogens is 1. The predicted octanol–water partition coefficient (Wildman–Crippen LogP) is 2.23. The normalized spacial score (nSPS) is 10.9. The molecule has 4 heteroatoms. The van der Waals surface area contributed by atoms with Crippen molar-refractivity contribution in [3.63, 3.8) is 0 Å². The lowest BCUT2D eigenvalue weighted by Gasteiger charge is -2.16. The number of phenolic OH excluding ortho intramolecular Hbond substituents is 1. The molecule has 0 saturated carbocycles. The van der Waals surface area contributed by atoms with Crippen LogP contribution in [0.4, 0.5) is 0 Å². The Hall–Kier alpha value is -0.580. The second-order valence-electron chi connectivity index (χ2n) is 3.52. The fraction of sp³-hybridized carbons (Fsp3) is 0.455. The molecule has 0 aliphatic rings. The summed E-state index contributed by atoms with van der Waals surface area (Å²) in [4.78, 5) is 2.17. The molecule has 1 aromatic rings. The van der Waals surface area contributed by atoms with E-state index in [1.807, 2.05) is 19.2 Å². The molecule has 15 heavy (non-hydrogen) atoms. The van der Waals surface area contributed by atoms with Gasteiger partial charge in [0.15, 0.2) is 0 Å². The lowest BCUT2D eigenvalue weighted by Crippen LogP contribution is -2.22. The molecule has 0 amide bonds. The molecular formula is C11H16BrNO2. The van der Waals surface area contributed by atoms with Crippen molar-refractivity contribution in [1.82, 2.24) is 4.90 Å². The number of aromatic hydroxyl groups is 1. The molecular weight excluding hydrogens is 258 g/mol. The minimum absolute atomic E-state index is 0.276. The summed E-state index contributed by atoms with van der Waals surface area (Å²) in [5.41, 5.74) is 1.17. The standard InChI is InChI=1S/C11H16BrNO2/c1-13(5-6-15-2)8-9-3-4-11(14)10(12)7-9/h3-4,7,14H,5-6,8H2,1-2H3. The van der Waals surface area contributed by atoms with Gasteiger partial charge in [0, 0.05) is 20.2 Å². The second-order valence-corrected chi connectivity index (χ2v) is 4.37. The highest BCUT2D eigenvalue weighted by atomic mass is 79.9. The maximum Gasteiger partial charge on any atom is 0.129 e. The first-order valence-electron chi connectivity index (χ1n) is 4.78. The zero-order valence-electron chi connectivity index (χ0n) is 9.03. The van der Waals surface area contributed by atoms with Crippen LogP contribution in [0.5, 0.6) is 5.75 Å². The Kier molecular flexibility index (Phi) is 5.08. The maximum atomic E-state index is 9.34. The van der Waals surface area contributed by atoms with Gasteiger partial charge in [-0.1, -0.05) is 6.07 Å². The first-order chi connectivity index (χ1) is 7.13. The minimum Gasteiger partial charge on any atom is -0.507 e. The quantitative estimate of drug-likeness (QED) is 0.893. The molecule has 1 rings (SSSR count). The van der Waals surface area contributed by atoms with E-state index in [2.05, 4.69) is 20.8 Å². The van der Waals surface area contributed by atoms with E-state index in [0.717, 1.165) is 24.2 Å². The summed E-state index contributed by atoms with van der Waals surface area (Å²) in [6.07, 6.45) is 0. The van der Waals surface area contributed by atoms with E-state index >= 15 is 0 Å². The molecule has 0 atom stereocenters. The van der Waals surface area contributed by atoms with E-state index in [-0.39, 0.29) is 5.75 Å². The monoisotopic (exact) mass is 273 g/mol. The van der Waals surface area contributed by atoms with Crippen LogP contribution < -0.4 is 0 Å². The first-order valence-corrected chi connectivity index (χ1v) is 5.57. The van der Waals surface area contributed by atoms with Crippen LogP contribution in [0.2, 0.25) is 0 Å². The van der Waals surface area contributed by atoms with E-state index in [4.69, 9.17) is 4.74 Å². The van der Waals surface area contributed by atoms with Gasteiger partial charge in [-0.3, -0.25) is 4.90 Å². The second kappa shape index (κ2) is 6.10. The third-order valence-corrected chi connectivity index (χ3v) is 2.78. The van der Waals surface area contributed by atoms with E-state index in [0.29, 0.717) is 0 Å². The minimum atomic E-state index is 0.276. The van der Waals surface area contributed by atoms with E-state index in [1.54, 1.807) is 13.2 Å². The molecule has 0 aromatic heterocycles. The third kappa shape index (κ3) is 4.20. The van der Waals surface area contributed by atoms with Crippen molar-refractivity contribution >= 4 is 15.9 Å². The van der Waals surface area contributed by atoms with Crippen LogP contribution in [-0.2, 0) is 11.3 Å². The summed E-state index contributed by atoms with van der Waals surface area (Å²) in [6, 6.07) is 5.55. The van der Waals surface area contributed by atoms with Gasteiger partial charge in [-0.2, -0.15) is 0 Å². The molecule has 0 unspecified atom stereocenters. The fourth-order valence-electron chi connectivity index (χ4n) is 1.29. The van der Waals surface area contributed by atoms with E-state index in [9.17, 15) is 5.11 Å². The number of nitrogens with zero attached hydrogens (tertiary/aromatic N) is 1. The highest BCUT2D eigenvalue weighted by Crippen LogP contribution is 2.24. The van der Waals surface area contributed by atoms with Crippen molar-refractivity contribution in [3.05, 3.63) is 28.2 Å². The molecule has 3 nitrogen and oxygen atoms in total. The molecule has 0 radical (unpaired) electrons. The zero-order valence-corrected chi connectivity index (χ0v) is 10.6. The van der Waals surface area contributed by atoms with Crippen LogP contribution in [0.25, 0.3) is 0 Å². The summed E-state index contributed by atoms with van der Waals surface area (Å²) in [5.74, 6) is 0.276. The Morgan fingerprint density at radius 2 is 2.20 bits per heavy atom. The van der Waals surface area contributed by atoms with Gasteiger partial charge in [-0.25, -0.2) is 0 Å². The maximum absolute atomic E-state index is 9.34. The number of benzene rings is 1. The van der Waals surface area contributed by atoms with Crippen LogP contribution >= 0.6 is 15.9 Å². The highest BCUT2D eigenvalue weighted by molar-refractivity contribution is 9.10. The summed E-state index contributed by atoms with van der Waals surface area (Å²) in [7, 11) is 3.74. The molecule has 84 valence electrons. The van der Waals surface area contributed by atoms with Crippen molar-refractivity contribution in [2.45, 2.75) is 6.54 Å². The molecule has 0 bridgehead atoms. The predicted molar refractivity (Wildman–Crippen MR) is 64.0 cm³/mol. The van der Waals surface area contributed by atoms with Crippen molar-refractivity contribution < 1.29 is 9.84 Å². The van der Waals surface area contributed by atoms with Gasteiger partial charge in [0.05, 0.1) is 11.1 Å². The fourth-order valence-corrected chi connectivity index (χ4v) is 1.71. The summed E-state index contributed by atoms with van der Waals surface area (Å²) in [6.45, 7) is 2.48. The Balaban J connectivity index is 2.53. The SMILES string of the molecule is COCCN(C)Cc1ccc(O)c(Br)c1. The highest BCUT2D eigenvalue weighted by Gasteiger charge is 2.02. The summed E-state index contributed by atoms with van der Waals surface area (Å²) < 4.78 is 5.74. The van der Waals surface area contributed by atoms with Gasteiger partial charge in [0.1, 0.15) is 5.75 Å². The number of phenols is 1. The van der Waals surface area contributed by atoms with Gasteiger partial charge in [0.25, 0.3) is 0 Å². The first kappa shape index (κ1) is 12.5. The van der Waals surface area contributed by atoms with Crippen molar-refractivity contribution in [3.8, 4) is 5.75 Å². The number of ether oxygens (including phenoxy) is 1. The van der Waals surface area contributed by atoms with Crippen LogP contribution in [0.15, 0.2) is 22.7 Å². The van der Waals surface area contributed by atoms with Gasteiger partial charge in [0.2, 0.25) is 0 Å². The summed E-state index contributed by atoms with van der Waals surface area (Å²) in [5, 5.41) is 9.34. The lowest BCUT2D eigenvalue weighted by molar-refractivity contribution is 0.158. The van der Waals surface area contributed by atoms with Crippen LogP contribution in [0.1, 0.15) is 5.56 Å². The number of likely N-dealkylation sites (N-methyl/N-ethyl adjacent to an activating group) is 1. The van der Waals surface area contributed by atoms with Crippen LogP contribution in [0.3, 0.4) is 0 Å². The Morgan fingerprint density at radius 1 is 1.47 bits per heavy atom. The van der Waals surface area contributed by atoms with Crippen LogP contribution in [0, 0.1) is 0 Å². The summed E-state index contributed by atoms with van der Waals surface area (Å²) >= 11 is 3.30. The molecule has 1 N–H and O–H groups in total. The molecule has 0 spiro atoms. The molecule has 0 fully saturated rings. The molecule has 0 saturated heterocycles. The van der Waals surface area contributed by atoms with E-state index < -0.39 is 0 Å². The number of hydrogen-bond donors (Lipinski definition) is 1. The van der Waals surface area contributed by atoms with Crippen molar-refractivity contribution in [2.75, 3.05) is 27.3 Å². The zero-order chi connectivity index (χ0) is 11.3. The van der Waals surface area contributed by atoms with Gasteiger partial charge in [-0.15, -0.1) is 0 Å². The average molecular weight is 274 g/mol. The Morgan fingerprint density at radius 3 is 2.80 bits per heavy atom. The van der Waals surface area contributed by atoms with E-state index in [1.165, 1.54) is 5.56 Å². The van der Waals surface area contributed by atoms with Crippen LogP contribution in [-0.4, -0.2) is 37.3 Å². The molecule has 0 aliphatic carbocycles.